The molecule has 0 radical (unpaired) electrons. The zero-order valence-electron chi connectivity index (χ0n) is 11.1. The van der Waals surface area contributed by atoms with Crippen LogP contribution in [-0.2, 0) is 22.1 Å². The molecule has 0 aliphatic carbocycles. The Balaban J connectivity index is 2.08. The third kappa shape index (κ3) is 3.82. The summed E-state index contributed by atoms with van der Waals surface area (Å²) in [6.45, 7) is 0.420. The van der Waals surface area contributed by atoms with E-state index < -0.39 is 9.84 Å². The highest BCUT2D eigenvalue weighted by Gasteiger charge is 2.07. The lowest BCUT2D eigenvalue weighted by Crippen LogP contribution is -2.03. The minimum atomic E-state index is -3.13. The van der Waals surface area contributed by atoms with Crippen LogP contribution in [0, 0.1) is 0 Å². The molecule has 0 unspecified atom stereocenters. The number of hydrogen-bond donors (Lipinski definition) is 1. The first-order chi connectivity index (χ1) is 9.50. The molecule has 0 spiro atoms. The van der Waals surface area contributed by atoms with Gasteiger partial charge in [0.2, 0.25) is 0 Å². The predicted molar refractivity (Wildman–Crippen MR) is 81.2 cm³/mol. The molecule has 0 fully saturated rings. The number of pyridine rings is 1. The quantitative estimate of drug-likeness (QED) is 0.858. The normalized spacial score (nSPS) is 11.5. The molecule has 4 nitrogen and oxygen atoms in total. The van der Waals surface area contributed by atoms with Gasteiger partial charge in [0.25, 0.3) is 0 Å². The van der Waals surface area contributed by atoms with Crippen LogP contribution in [0.1, 0.15) is 11.3 Å². The van der Waals surface area contributed by atoms with Gasteiger partial charge >= 0.3 is 0 Å². The summed E-state index contributed by atoms with van der Waals surface area (Å²) in [5.74, 6) is 0.762. The first-order valence-corrected chi connectivity index (χ1v) is 8.94. The van der Waals surface area contributed by atoms with Crippen molar-refractivity contribution < 1.29 is 8.42 Å². The van der Waals surface area contributed by atoms with E-state index in [0.717, 1.165) is 21.9 Å². The summed E-state index contributed by atoms with van der Waals surface area (Å²) >= 11 is 1.63. The summed E-state index contributed by atoms with van der Waals surface area (Å²) in [7, 11) is -3.13. The van der Waals surface area contributed by atoms with Crippen LogP contribution in [-0.4, -0.2) is 19.7 Å². The van der Waals surface area contributed by atoms with Crippen molar-refractivity contribution in [3.05, 3.63) is 53.9 Å². The molecule has 2 N–H and O–H groups in total. The van der Waals surface area contributed by atoms with E-state index >= 15 is 0 Å². The van der Waals surface area contributed by atoms with E-state index in [2.05, 4.69) is 4.98 Å². The van der Waals surface area contributed by atoms with Gasteiger partial charge in [-0.25, -0.2) is 8.42 Å². The molecule has 106 valence electrons. The lowest BCUT2D eigenvalue weighted by Gasteiger charge is -2.06. The van der Waals surface area contributed by atoms with Crippen LogP contribution in [0.15, 0.2) is 52.4 Å². The monoisotopic (exact) mass is 308 g/mol. The van der Waals surface area contributed by atoms with Crippen molar-refractivity contribution in [2.75, 3.05) is 6.26 Å². The van der Waals surface area contributed by atoms with E-state index in [-0.39, 0.29) is 0 Å². The second-order valence-electron chi connectivity index (χ2n) is 4.35. The molecule has 20 heavy (non-hydrogen) atoms. The van der Waals surface area contributed by atoms with Crippen LogP contribution >= 0.6 is 11.8 Å². The van der Waals surface area contributed by atoms with Gasteiger partial charge in [-0.2, -0.15) is 0 Å². The molecule has 0 aliphatic heterocycles. The molecule has 1 heterocycles. The van der Waals surface area contributed by atoms with E-state index in [9.17, 15) is 8.42 Å². The van der Waals surface area contributed by atoms with Gasteiger partial charge in [-0.3, -0.25) is 4.98 Å². The Kier molecular flexibility index (Phi) is 4.80. The molecule has 0 aliphatic rings. The number of sulfone groups is 1. The van der Waals surface area contributed by atoms with Crippen LogP contribution in [0.4, 0.5) is 0 Å². The fraction of sp³-hybridized carbons (Fsp3) is 0.214. The fourth-order valence-electron chi connectivity index (χ4n) is 1.73. The molecule has 0 atom stereocenters. The molecule has 0 saturated heterocycles. The van der Waals surface area contributed by atoms with Gasteiger partial charge in [-0.1, -0.05) is 6.07 Å². The summed E-state index contributed by atoms with van der Waals surface area (Å²) in [6.07, 6.45) is 2.94. The van der Waals surface area contributed by atoms with Gasteiger partial charge in [0.05, 0.1) is 10.6 Å². The van der Waals surface area contributed by atoms with Gasteiger partial charge in [-0.15, -0.1) is 11.8 Å². The average molecular weight is 308 g/mol. The molecule has 0 amide bonds. The molecule has 2 rings (SSSR count). The topological polar surface area (TPSA) is 73.0 Å². The van der Waals surface area contributed by atoms with E-state index in [4.69, 9.17) is 5.73 Å². The Morgan fingerprint density at radius 1 is 1.20 bits per heavy atom. The Morgan fingerprint density at radius 2 is 1.90 bits per heavy atom. The molecular weight excluding hydrogens is 292 g/mol. The SMILES string of the molecule is CS(=O)(=O)c1ccc(SCc2cccnc2CN)cc1. The van der Waals surface area contributed by atoms with Crippen LogP contribution in [0.25, 0.3) is 0 Å². The van der Waals surface area contributed by atoms with Crippen molar-refractivity contribution in [2.24, 2.45) is 5.73 Å². The van der Waals surface area contributed by atoms with E-state index in [0.29, 0.717) is 11.4 Å². The van der Waals surface area contributed by atoms with Gasteiger partial charge in [-0.05, 0) is 35.9 Å². The highest BCUT2D eigenvalue weighted by atomic mass is 32.2. The average Bonchev–Trinajstić information content (AvgIpc) is 2.45. The number of thioether (sulfide) groups is 1. The van der Waals surface area contributed by atoms with E-state index in [1.165, 1.54) is 6.26 Å². The zero-order valence-corrected chi connectivity index (χ0v) is 12.7. The van der Waals surface area contributed by atoms with Crippen molar-refractivity contribution in [1.82, 2.24) is 4.98 Å². The third-order valence-corrected chi connectivity index (χ3v) is 5.01. The lowest BCUT2D eigenvalue weighted by atomic mass is 10.2. The Bertz CT molecular complexity index is 683. The lowest BCUT2D eigenvalue weighted by molar-refractivity contribution is 0.602. The molecule has 1 aromatic heterocycles. The van der Waals surface area contributed by atoms with Gasteiger partial charge in [0.15, 0.2) is 9.84 Å². The predicted octanol–water partition coefficient (Wildman–Crippen LogP) is 2.24. The summed E-state index contributed by atoms with van der Waals surface area (Å²) in [5.41, 5.74) is 7.65. The van der Waals surface area contributed by atoms with Crippen molar-refractivity contribution >= 4 is 21.6 Å². The highest BCUT2D eigenvalue weighted by molar-refractivity contribution is 7.98. The van der Waals surface area contributed by atoms with Gasteiger partial charge in [0, 0.05) is 29.6 Å². The summed E-state index contributed by atoms with van der Waals surface area (Å²) in [6, 6.07) is 10.8. The summed E-state index contributed by atoms with van der Waals surface area (Å²) in [5, 5.41) is 0. The van der Waals surface area contributed by atoms with Crippen molar-refractivity contribution in [3.63, 3.8) is 0 Å². The summed E-state index contributed by atoms with van der Waals surface area (Å²) in [4.78, 5) is 5.59. The number of benzene rings is 1. The Hall–Kier alpha value is -1.37. The van der Waals surface area contributed by atoms with Crippen molar-refractivity contribution in [2.45, 2.75) is 22.1 Å². The van der Waals surface area contributed by atoms with Crippen LogP contribution in [0.5, 0.6) is 0 Å². The third-order valence-electron chi connectivity index (χ3n) is 2.82. The van der Waals surface area contributed by atoms with Crippen molar-refractivity contribution in [1.29, 1.82) is 0 Å². The first-order valence-electron chi connectivity index (χ1n) is 6.06. The second-order valence-corrected chi connectivity index (χ2v) is 7.41. The van der Waals surface area contributed by atoms with E-state index in [1.54, 1.807) is 30.1 Å². The van der Waals surface area contributed by atoms with Gasteiger partial charge < -0.3 is 5.73 Å². The minimum Gasteiger partial charge on any atom is -0.325 e. The largest absolute Gasteiger partial charge is 0.325 e. The Morgan fingerprint density at radius 3 is 2.50 bits per heavy atom. The maximum absolute atomic E-state index is 11.4. The number of nitrogens with zero attached hydrogens (tertiary/aromatic N) is 1. The molecule has 2 aromatic rings. The van der Waals surface area contributed by atoms with Crippen LogP contribution < -0.4 is 5.73 Å². The van der Waals surface area contributed by atoms with Crippen LogP contribution in [0.3, 0.4) is 0 Å². The molecule has 1 aromatic carbocycles. The smallest absolute Gasteiger partial charge is 0.175 e. The van der Waals surface area contributed by atoms with Gasteiger partial charge in [0.1, 0.15) is 0 Å². The summed E-state index contributed by atoms with van der Waals surface area (Å²) < 4.78 is 22.8. The number of rotatable bonds is 5. The molecule has 6 heteroatoms. The van der Waals surface area contributed by atoms with Crippen molar-refractivity contribution in [3.8, 4) is 0 Å². The number of hydrogen-bond acceptors (Lipinski definition) is 5. The fourth-order valence-corrected chi connectivity index (χ4v) is 3.27. The maximum atomic E-state index is 11.4. The molecular formula is C14H16N2O2S2. The highest BCUT2D eigenvalue weighted by Crippen LogP contribution is 2.25. The Labute approximate surface area is 123 Å². The van der Waals surface area contributed by atoms with Crippen LogP contribution in [0.2, 0.25) is 0 Å². The standard InChI is InChI=1S/C14H16N2O2S2/c1-20(17,18)13-6-4-12(5-7-13)19-10-11-3-2-8-16-14(11)9-15/h2-8H,9-10,15H2,1H3. The minimum absolute atomic E-state index is 0.339. The zero-order chi connectivity index (χ0) is 14.6. The maximum Gasteiger partial charge on any atom is 0.175 e. The molecule has 0 saturated carbocycles. The first kappa shape index (κ1) is 15.0. The van der Waals surface area contributed by atoms with E-state index in [1.807, 2.05) is 24.3 Å². The molecule has 0 bridgehead atoms. The number of aromatic nitrogens is 1. The number of nitrogens with two attached hydrogens (primary N) is 1. The second kappa shape index (κ2) is 6.39.